The molecule has 0 bridgehead atoms. The summed E-state index contributed by atoms with van der Waals surface area (Å²) in [5, 5.41) is 8.65. The van der Waals surface area contributed by atoms with Crippen molar-refractivity contribution in [2.75, 3.05) is 26.3 Å². The summed E-state index contributed by atoms with van der Waals surface area (Å²) in [5.74, 6) is -0.712. The van der Waals surface area contributed by atoms with Crippen molar-refractivity contribution in [3.63, 3.8) is 0 Å². The molecule has 0 saturated carbocycles. The number of hydrogen-bond acceptors (Lipinski definition) is 3. The normalized spacial score (nSPS) is 22.9. The SMILES string of the molecule is CCOC[C@H]1CCCCN1CCC(=O)O. The lowest BCUT2D eigenvalue weighted by atomic mass is 10.0. The minimum Gasteiger partial charge on any atom is -0.481 e. The van der Waals surface area contributed by atoms with E-state index in [2.05, 4.69) is 4.90 Å². The Morgan fingerprint density at radius 1 is 1.53 bits per heavy atom. The predicted molar refractivity (Wildman–Crippen MR) is 58.0 cm³/mol. The first kappa shape index (κ1) is 12.5. The van der Waals surface area contributed by atoms with Crippen molar-refractivity contribution in [3.05, 3.63) is 0 Å². The van der Waals surface area contributed by atoms with Gasteiger partial charge in [0.05, 0.1) is 13.0 Å². The third kappa shape index (κ3) is 4.62. The average Bonchev–Trinajstić information content (AvgIpc) is 2.24. The van der Waals surface area contributed by atoms with Crippen LogP contribution in [0.5, 0.6) is 0 Å². The number of rotatable bonds is 6. The standard InChI is InChI=1S/C11H21NO3/c1-2-15-9-10-5-3-4-7-12(10)8-6-11(13)14/h10H,2-9H2,1H3,(H,13,14)/t10-/m1/s1. The zero-order valence-electron chi connectivity index (χ0n) is 9.45. The van der Waals surface area contributed by atoms with Gasteiger partial charge < -0.3 is 9.84 Å². The fraction of sp³-hybridized carbons (Fsp3) is 0.909. The Kier molecular flexibility index (Phi) is 5.65. The van der Waals surface area contributed by atoms with Crippen LogP contribution in [0.25, 0.3) is 0 Å². The molecule has 4 heteroatoms. The number of carbonyl (C=O) groups is 1. The van der Waals surface area contributed by atoms with E-state index in [4.69, 9.17) is 9.84 Å². The fourth-order valence-electron chi connectivity index (χ4n) is 2.04. The van der Waals surface area contributed by atoms with Crippen LogP contribution in [0.3, 0.4) is 0 Å². The Hall–Kier alpha value is -0.610. The minimum absolute atomic E-state index is 0.239. The monoisotopic (exact) mass is 215 g/mol. The van der Waals surface area contributed by atoms with Crippen LogP contribution < -0.4 is 0 Å². The van der Waals surface area contributed by atoms with Crippen LogP contribution in [0.15, 0.2) is 0 Å². The molecular weight excluding hydrogens is 194 g/mol. The van der Waals surface area contributed by atoms with Crippen LogP contribution in [0.2, 0.25) is 0 Å². The number of aliphatic carboxylic acids is 1. The van der Waals surface area contributed by atoms with Gasteiger partial charge in [-0.2, -0.15) is 0 Å². The van der Waals surface area contributed by atoms with Gasteiger partial charge in [0.15, 0.2) is 0 Å². The van der Waals surface area contributed by atoms with E-state index in [1.54, 1.807) is 0 Å². The first-order chi connectivity index (χ1) is 7.24. The molecule has 0 aliphatic carbocycles. The van der Waals surface area contributed by atoms with Gasteiger partial charge in [-0.15, -0.1) is 0 Å². The maximum Gasteiger partial charge on any atom is 0.304 e. The lowest BCUT2D eigenvalue weighted by Crippen LogP contribution is -2.43. The Morgan fingerprint density at radius 2 is 2.33 bits per heavy atom. The van der Waals surface area contributed by atoms with E-state index < -0.39 is 5.97 Å². The van der Waals surface area contributed by atoms with E-state index in [1.807, 2.05) is 6.92 Å². The van der Waals surface area contributed by atoms with Crippen molar-refractivity contribution in [3.8, 4) is 0 Å². The van der Waals surface area contributed by atoms with Crippen molar-refractivity contribution >= 4 is 5.97 Å². The third-order valence-electron chi connectivity index (χ3n) is 2.88. The molecule has 1 saturated heterocycles. The van der Waals surface area contributed by atoms with Gasteiger partial charge in [0.2, 0.25) is 0 Å². The minimum atomic E-state index is -0.712. The fourth-order valence-corrected chi connectivity index (χ4v) is 2.04. The van der Waals surface area contributed by atoms with Crippen molar-refractivity contribution < 1.29 is 14.6 Å². The second-order valence-corrected chi connectivity index (χ2v) is 3.99. The second kappa shape index (κ2) is 6.80. The van der Waals surface area contributed by atoms with Gasteiger partial charge in [0.25, 0.3) is 0 Å². The molecule has 0 unspecified atom stereocenters. The molecule has 0 aromatic heterocycles. The van der Waals surface area contributed by atoms with Gasteiger partial charge in [-0.05, 0) is 26.3 Å². The smallest absolute Gasteiger partial charge is 0.304 e. The topological polar surface area (TPSA) is 49.8 Å². The lowest BCUT2D eigenvalue weighted by molar-refractivity contribution is -0.137. The maximum atomic E-state index is 10.5. The molecule has 1 fully saturated rings. The van der Waals surface area contributed by atoms with Crippen LogP contribution in [0.4, 0.5) is 0 Å². The molecule has 15 heavy (non-hydrogen) atoms. The van der Waals surface area contributed by atoms with Gasteiger partial charge in [-0.1, -0.05) is 6.42 Å². The Balaban J connectivity index is 2.32. The Bertz CT molecular complexity index is 196. The van der Waals surface area contributed by atoms with E-state index in [1.165, 1.54) is 12.8 Å². The summed E-state index contributed by atoms with van der Waals surface area (Å²) in [6, 6.07) is 0.429. The van der Waals surface area contributed by atoms with Gasteiger partial charge >= 0.3 is 5.97 Å². The average molecular weight is 215 g/mol. The first-order valence-electron chi connectivity index (χ1n) is 5.77. The molecule has 4 nitrogen and oxygen atoms in total. The zero-order valence-corrected chi connectivity index (χ0v) is 9.45. The van der Waals surface area contributed by atoms with Crippen LogP contribution >= 0.6 is 0 Å². The molecule has 1 N–H and O–H groups in total. The lowest BCUT2D eigenvalue weighted by Gasteiger charge is -2.35. The molecule has 0 spiro atoms. The molecule has 1 heterocycles. The van der Waals surface area contributed by atoms with Gasteiger partial charge in [0, 0.05) is 19.2 Å². The summed E-state index contributed by atoms with van der Waals surface area (Å²) < 4.78 is 5.42. The number of carboxylic acid groups (broad SMARTS) is 1. The summed E-state index contributed by atoms with van der Waals surface area (Å²) in [6.45, 7) is 5.15. The van der Waals surface area contributed by atoms with Crippen LogP contribution in [-0.4, -0.2) is 48.3 Å². The van der Waals surface area contributed by atoms with Crippen molar-refractivity contribution in [2.45, 2.75) is 38.6 Å². The quantitative estimate of drug-likeness (QED) is 0.726. The molecule has 1 aliphatic heterocycles. The number of ether oxygens (including phenoxy) is 1. The van der Waals surface area contributed by atoms with Crippen molar-refractivity contribution in [1.82, 2.24) is 4.90 Å². The molecule has 0 radical (unpaired) electrons. The third-order valence-corrected chi connectivity index (χ3v) is 2.88. The molecule has 0 amide bonds. The van der Waals surface area contributed by atoms with Gasteiger partial charge in [-0.25, -0.2) is 0 Å². The maximum absolute atomic E-state index is 10.5. The van der Waals surface area contributed by atoms with Crippen LogP contribution in [-0.2, 0) is 9.53 Å². The van der Waals surface area contributed by atoms with Crippen LogP contribution in [0, 0.1) is 0 Å². The van der Waals surface area contributed by atoms with Crippen LogP contribution in [0.1, 0.15) is 32.6 Å². The molecule has 1 rings (SSSR count). The summed E-state index contributed by atoms with van der Waals surface area (Å²) >= 11 is 0. The van der Waals surface area contributed by atoms with E-state index in [0.29, 0.717) is 12.6 Å². The number of carboxylic acids is 1. The van der Waals surface area contributed by atoms with E-state index in [0.717, 1.165) is 26.2 Å². The zero-order chi connectivity index (χ0) is 11.1. The first-order valence-corrected chi connectivity index (χ1v) is 5.77. The molecular formula is C11H21NO3. The van der Waals surface area contributed by atoms with Crippen molar-refractivity contribution in [1.29, 1.82) is 0 Å². The molecule has 1 atom stereocenters. The number of nitrogens with zero attached hydrogens (tertiary/aromatic N) is 1. The number of piperidine rings is 1. The van der Waals surface area contributed by atoms with Gasteiger partial charge in [0.1, 0.15) is 0 Å². The van der Waals surface area contributed by atoms with Gasteiger partial charge in [-0.3, -0.25) is 9.69 Å². The second-order valence-electron chi connectivity index (χ2n) is 3.99. The van der Waals surface area contributed by atoms with E-state index in [-0.39, 0.29) is 6.42 Å². The molecule has 88 valence electrons. The Morgan fingerprint density at radius 3 is 3.00 bits per heavy atom. The van der Waals surface area contributed by atoms with E-state index >= 15 is 0 Å². The molecule has 0 aromatic rings. The number of hydrogen-bond donors (Lipinski definition) is 1. The highest BCUT2D eigenvalue weighted by molar-refractivity contribution is 5.66. The highest BCUT2D eigenvalue weighted by atomic mass is 16.5. The van der Waals surface area contributed by atoms with Crippen molar-refractivity contribution in [2.24, 2.45) is 0 Å². The largest absolute Gasteiger partial charge is 0.481 e. The summed E-state index contributed by atoms with van der Waals surface area (Å²) in [7, 11) is 0. The number of likely N-dealkylation sites (tertiary alicyclic amines) is 1. The van der Waals surface area contributed by atoms with E-state index in [9.17, 15) is 4.79 Å². The summed E-state index contributed by atoms with van der Waals surface area (Å²) in [4.78, 5) is 12.8. The molecule has 1 aliphatic rings. The highest BCUT2D eigenvalue weighted by Gasteiger charge is 2.22. The Labute approximate surface area is 91.2 Å². The highest BCUT2D eigenvalue weighted by Crippen LogP contribution is 2.17. The predicted octanol–water partition coefficient (Wildman–Crippen LogP) is 1.35. The summed E-state index contributed by atoms with van der Waals surface area (Å²) in [6.07, 6.45) is 3.80. The summed E-state index contributed by atoms with van der Waals surface area (Å²) in [5.41, 5.74) is 0. The molecule has 0 aromatic carbocycles.